The van der Waals surface area contributed by atoms with E-state index in [0.717, 1.165) is 11.1 Å². The number of carbonyl (C=O) groups is 1. The van der Waals surface area contributed by atoms with Gasteiger partial charge in [0.2, 0.25) is 10.0 Å². The maximum atomic E-state index is 12.7. The third kappa shape index (κ3) is 3.16. The summed E-state index contributed by atoms with van der Waals surface area (Å²) in [7, 11) is -3.64. The minimum Gasteiger partial charge on any atom is -0.288 e. The van der Waals surface area contributed by atoms with Gasteiger partial charge in [0.05, 0.1) is 4.90 Å². The summed E-state index contributed by atoms with van der Waals surface area (Å²) in [5, 5.41) is 9.20. The van der Waals surface area contributed by atoms with Crippen LogP contribution in [-0.2, 0) is 23.0 Å². The summed E-state index contributed by atoms with van der Waals surface area (Å²) in [5.74, 6) is -0.629. The number of hydroxylamine groups is 1. The largest absolute Gasteiger partial charge is 0.288 e. The van der Waals surface area contributed by atoms with Crippen molar-refractivity contribution in [2.75, 3.05) is 6.54 Å². The lowest BCUT2D eigenvalue weighted by molar-refractivity contribution is 0.0706. The SMILES string of the molecule is O=C(NO)c1ccc2c(c1)CN(S(=O)(=O)c1ccc(Cl)cc1)CC2. The Hall–Kier alpha value is -1.93. The highest BCUT2D eigenvalue weighted by molar-refractivity contribution is 7.89. The van der Waals surface area contributed by atoms with Crippen molar-refractivity contribution in [1.82, 2.24) is 9.79 Å². The second-order valence-electron chi connectivity index (χ2n) is 5.47. The van der Waals surface area contributed by atoms with E-state index in [1.165, 1.54) is 28.6 Å². The van der Waals surface area contributed by atoms with Crippen molar-refractivity contribution in [3.8, 4) is 0 Å². The summed E-state index contributed by atoms with van der Waals surface area (Å²) < 4.78 is 26.9. The number of amides is 1. The molecule has 0 unspecified atom stereocenters. The van der Waals surface area contributed by atoms with Gasteiger partial charge < -0.3 is 0 Å². The molecule has 1 aliphatic heterocycles. The summed E-state index contributed by atoms with van der Waals surface area (Å²) in [5.41, 5.74) is 3.60. The number of nitrogens with zero attached hydrogens (tertiary/aromatic N) is 1. The van der Waals surface area contributed by atoms with Crippen molar-refractivity contribution >= 4 is 27.5 Å². The second kappa shape index (κ2) is 6.52. The molecule has 0 fully saturated rings. The lowest BCUT2D eigenvalue weighted by Crippen LogP contribution is -2.36. The molecule has 0 aromatic heterocycles. The van der Waals surface area contributed by atoms with Crippen LogP contribution in [0.2, 0.25) is 5.02 Å². The average molecular weight is 367 g/mol. The first kappa shape index (κ1) is 16.9. The lowest BCUT2D eigenvalue weighted by Gasteiger charge is -2.28. The van der Waals surface area contributed by atoms with Crippen LogP contribution in [0.1, 0.15) is 21.5 Å². The fourth-order valence-electron chi connectivity index (χ4n) is 2.70. The van der Waals surface area contributed by atoms with E-state index in [1.54, 1.807) is 23.7 Å². The normalized spacial score (nSPS) is 14.9. The molecule has 24 heavy (non-hydrogen) atoms. The number of hydrogen-bond acceptors (Lipinski definition) is 4. The van der Waals surface area contributed by atoms with Crippen molar-refractivity contribution in [2.45, 2.75) is 17.9 Å². The smallest absolute Gasteiger partial charge is 0.274 e. The van der Waals surface area contributed by atoms with Crippen molar-refractivity contribution in [3.63, 3.8) is 0 Å². The van der Waals surface area contributed by atoms with E-state index < -0.39 is 15.9 Å². The van der Waals surface area contributed by atoms with Gasteiger partial charge in [-0.25, -0.2) is 13.9 Å². The van der Waals surface area contributed by atoms with Gasteiger partial charge in [0.15, 0.2) is 0 Å². The highest BCUT2D eigenvalue weighted by Gasteiger charge is 2.28. The van der Waals surface area contributed by atoms with Crippen molar-refractivity contribution < 1.29 is 18.4 Å². The summed E-state index contributed by atoms with van der Waals surface area (Å²) in [6.45, 7) is 0.538. The van der Waals surface area contributed by atoms with Gasteiger partial charge in [-0.2, -0.15) is 4.31 Å². The number of halogens is 1. The maximum absolute atomic E-state index is 12.7. The molecule has 0 bridgehead atoms. The Morgan fingerprint density at radius 1 is 1.12 bits per heavy atom. The summed E-state index contributed by atoms with van der Waals surface area (Å²) in [6.07, 6.45) is 0.559. The van der Waals surface area contributed by atoms with Gasteiger partial charge in [-0.15, -0.1) is 0 Å². The van der Waals surface area contributed by atoms with Crippen LogP contribution in [0.5, 0.6) is 0 Å². The highest BCUT2D eigenvalue weighted by atomic mass is 35.5. The molecular formula is C16H15ClN2O4S. The first-order chi connectivity index (χ1) is 11.4. The number of fused-ring (bicyclic) bond motifs is 1. The standard InChI is InChI=1S/C16H15ClN2O4S/c17-14-3-5-15(6-4-14)24(22,23)19-8-7-11-1-2-12(16(20)18-21)9-13(11)10-19/h1-6,9,21H,7-8,10H2,(H,18,20). The number of carbonyl (C=O) groups excluding carboxylic acids is 1. The molecule has 0 atom stereocenters. The molecular weight excluding hydrogens is 352 g/mol. The molecule has 0 radical (unpaired) electrons. The molecule has 0 spiro atoms. The Morgan fingerprint density at radius 2 is 1.83 bits per heavy atom. The fourth-order valence-corrected chi connectivity index (χ4v) is 4.24. The van der Waals surface area contributed by atoms with Gasteiger partial charge in [0.1, 0.15) is 0 Å². The first-order valence-corrected chi connectivity index (χ1v) is 9.05. The van der Waals surface area contributed by atoms with Crippen LogP contribution >= 0.6 is 11.6 Å². The summed E-state index contributed by atoms with van der Waals surface area (Å²) >= 11 is 5.81. The maximum Gasteiger partial charge on any atom is 0.274 e. The molecule has 3 rings (SSSR count). The van der Waals surface area contributed by atoms with Crippen LogP contribution in [-0.4, -0.2) is 30.4 Å². The number of nitrogens with one attached hydrogen (secondary N) is 1. The van der Waals surface area contributed by atoms with Gasteiger partial charge in [0.25, 0.3) is 5.91 Å². The molecule has 1 heterocycles. The molecule has 2 aromatic carbocycles. The predicted molar refractivity (Wildman–Crippen MR) is 88.4 cm³/mol. The average Bonchev–Trinajstić information content (AvgIpc) is 2.60. The quantitative estimate of drug-likeness (QED) is 0.644. The van der Waals surface area contributed by atoms with Crippen molar-refractivity contribution in [3.05, 3.63) is 64.2 Å². The number of benzene rings is 2. The monoisotopic (exact) mass is 366 g/mol. The molecule has 8 heteroatoms. The molecule has 126 valence electrons. The zero-order valence-electron chi connectivity index (χ0n) is 12.6. The summed E-state index contributed by atoms with van der Waals surface area (Å²) in [6, 6.07) is 11.0. The van der Waals surface area contributed by atoms with E-state index in [9.17, 15) is 13.2 Å². The topological polar surface area (TPSA) is 86.7 Å². The Labute approximate surface area is 144 Å². The van der Waals surface area contributed by atoms with Crippen molar-refractivity contribution in [2.24, 2.45) is 0 Å². The van der Waals surface area contributed by atoms with Gasteiger partial charge in [-0.3, -0.25) is 10.0 Å². The summed E-state index contributed by atoms with van der Waals surface area (Å²) in [4.78, 5) is 11.7. The van der Waals surface area contributed by atoms with Crippen molar-refractivity contribution in [1.29, 1.82) is 0 Å². The van der Waals surface area contributed by atoms with E-state index in [4.69, 9.17) is 16.8 Å². The Morgan fingerprint density at radius 3 is 2.50 bits per heavy atom. The van der Waals surface area contributed by atoms with Gasteiger partial charge in [0, 0.05) is 23.7 Å². The van der Waals surface area contributed by atoms with E-state index in [0.29, 0.717) is 18.0 Å². The molecule has 2 N–H and O–H groups in total. The van der Waals surface area contributed by atoms with Crippen LogP contribution in [0.4, 0.5) is 0 Å². The number of hydrogen-bond donors (Lipinski definition) is 2. The minimum absolute atomic E-state index is 0.173. The Bertz CT molecular complexity index is 881. The van der Waals surface area contributed by atoms with Crippen LogP contribution < -0.4 is 5.48 Å². The van der Waals surface area contributed by atoms with Crippen LogP contribution in [0, 0.1) is 0 Å². The van der Waals surface area contributed by atoms with E-state index in [-0.39, 0.29) is 17.0 Å². The highest BCUT2D eigenvalue weighted by Crippen LogP contribution is 2.26. The molecule has 0 aliphatic carbocycles. The predicted octanol–water partition coefficient (Wildman–Crippen LogP) is 2.21. The second-order valence-corrected chi connectivity index (χ2v) is 7.84. The number of sulfonamides is 1. The van der Waals surface area contributed by atoms with Crippen LogP contribution in [0.15, 0.2) is 47.4 Å². The number of rotatable bonds is 3. The third-order valence-electron chi connectivity index (χ3n) is 4.00. The van der Waals surface area contributed by atoms with Crippen LogP contribution in [0.25, 0.3) is 0 Å². The zero-order chi connectivity index (χ0) is 17.3. The Balaban J connectivity index is 1.91. The van der Waals surface area contributed by atoms with Gasteiger partial charge in [-0.05, 0) is 53.9 Å². The van der Waals surface area contributed by atoms with Gasteiger partial charge >= 0.3 is 0 Å². The zero-order valence-corrected chi connectivity index (χ0v) is 14.1. The third-order valence-corrected chi connectivity index (χ3v) is 6.11. The molecule has 2 aromatic rings. The Kier molecular flexibility index (Phi) is 4.60. The fraction of sp³-hybridized carbons (Fsp3) is 0.188. The van der Waals surface area contributed by atoms with Crippen LogP contribution in [0.3, 0.4) is 0 Å². The molecule has 0 saturated carbocycles. The van der Waals surface area contributed by atoms with Gasteiger partial charge in [-0.1, -0.05) is 17.7 Å². The molecule has 6 nitrogen and oxygen atoms in total. The molecule has 0 saturated heterocycles. The van der Waals surface area contributed by atoms with E-state index >= 15 is 0 Å². The minimum atomic E-state index is -3.64. The molecule has 1 aliphatic rings. The van der Waals surface area contributed by atoms with E-state index in [2.05, 4.69) is 0 Å². The van der Waals surface area contributed by atoms with E-state index in [1.807, 2.05) is 0 Å². The first-order valence-electron chi connectivity index (χ1n) is 7.24. The molecule has 1 amide bonds. The lowest BCUT2D eigenvalue weighted by atomic mass is 9.98.